The highest BCUT2D eigenvalue weighted by Gasteiger charge is 2.91. The van der Waals surface area contributed by atoms with Crippen LogP contribution in [0.2, 0.25) is 0 Å². The summed E-state index contributed by atoms with van der Waals surface area (Å²) in [6.07, 6.45) is -11.6. The van der Waals surface area contributed by atoms with E-state index in [0.29, 0.717) is 0 Å². The molecule has 1 aliphatic rings. The van der Waals surface area contributed by atoms with Gasteiger partial charge in [-0.2, -0.15) is 26.3 Å². The van der Waals surface area contributed by atoms with Gasteiger partial charge in [0.25, 0.3) is 0 Å². The third-order valence-electron chi connectivity index (χ3n) is 3.54. The number of rotatable bonds is 1. The van der Waals surface area contributed by atoms with Crippen LogP contribution in [0.25, 0.3) is 0 Å². The lowest BCUT2D eigenvalue weighted by Gasteiger charge is -2.58. The zero-order valence-electron chi connectivity index (χ0n) is 9.90. The SMILES string of the molecule is O=C1C(Br)C(Br)(c2ccccc2)C1(C(F)(F)F)C(F)(F)F. The van der Waals surface area contributed by atoms with Gasteiger partial charge in [-0.25, -0.2) is 0 Å². The van der Waals surface area contributed by atoms with Crippen molar-refractivity contribution in [3.63, 3.8) is 0 Å². The smallest absolute Gasteiger partial charge is 0.297 e. The molecule has 1 saturated carbocycles. The number of carbonyl (C=O) groups is 1. The standard InChI is InChI=1S/C12H6Br2F6O/c13-7-8(21)10(11(15,16)17,12(18,19)20)9(7,14)6-4-2-1-3-5-6/h1-5,7H. The minimum atomic E-state index is -5.79. The predicted molar refractivity (Wildman–Crippen MR) is 69.3 cm³/mol. The Morgan fingerprint density at radius 3 is 1.76 bits per heavy atom. The van der Waals surface area contributed by atoms with Gasteiger partial charge < -0.3 is 0 Å². The monoisotopic (exact) mass is 438 g/mol. The normalized spacial score (nSPS) is 29.1. The van der Waals surface area contributed by atoms with Crippen molar-refractivity contribution in [2.75, 3.05) is 0 Å². The van der Waals surface area contributed by atoms with Crippen molar-refractivity contribution >= 4 is 37.6 Å². The summed E-state index contributed by atoms with van der Waals surface area (Å²) in [4.78, 5) is 10.0. The molecule has 1 aromatic rings. The Kier molecular flexibility index (Phi) is 3.77. The van der Waals surface area contributed by atoms with Crippen LogP contribution in [0.1, 0.15) is 5.56 Å². The summed E-state index contributed by atoms with van der Waals surface area (Å²) in [6.45, 7) is 0. The summed E-state index contributed by atoms with van der Waals surface area (Å²) < 4.78 is 76.9. The molecule has 0 bridgehead atoms. The number of Topliss-reactive ketones (excluding diaryl/α,β-unsaturated/α-hetero) is 1. The second-order valence-corrected chi connectivity index (χ2v) is 6.72. The first-order chi connectivity index (χ1) is 9.42. The molecule has 0 amide bonds. The van der Waals surface area contributed by atoms with Crippen LogP contribution in [0.4, 0.5) is 26.3 Å². The number of halogens is 8. The van der Waals surface area contributed by atoms with Crippen LogP contribution >= 0.6 is 31.9 Å². The van der Waals surface area contributed by atoms with Crippen molar-refractivity contribution in [3.05, 3.63) is 35.9 Å². The minimum Gasteiger partial charge on any atom is -0.297 e. The molecular formula is C12H6Br2F6O. The lowest BCUT2D eigenvalue weighted by atomic mass is 9.55. The first-order valence-corrected chi connectivity index (χ1v) is 7.19. The summed E-state index contributed by atoms with van der Waals surface area (Å²) in [7, 11) is 0. The van der Waals surface area contributed by atoms with Crippen LogP contribution in [-0.4, -0.2) is 23.0 Å². The lowest BCUT2D eigenvalue weighted by molar-refractivity contribution is -0.348. The van der Waals surface area contributed by atoms with Gasteiger partial charge in [0.1, 0.15) is 4.32 Å². The van der Waals surface area contributed by atoms with Gasteiger partial charge in [-0.05, 0) is 5.56 Å². The molecule has 21 heavy (non-hydrogen) atoms. The van der Waals surface area contributed by atoms with Crippen molar-refractivity contribution in [1.29, 1.82) is 0 Å². The maximum absolute atomic E-state index is 13.3. The van der Waals surface area contributed by atoms with E-state index in [2.05, 4.69) is 31.9 Å². The van der Waals surface area contributed by atoms with Crippen LogP contribution in [0.3, 0.4) is 0 Å². The Labute approximate surface area is 132 Å². The van der Waals surface area contributed by atoms with Gasteiger partial charge in [0.15, 0.2) is 5.78 Å². The third-order valence-corrected chi connectivity index (χ3v) is 6.77. The highest BCUT2D eigenvalue weighted by Crippen LogP contribution is 2.73. The van der Waals surface area contributed by atoms with Crippen LogP contribution in [0, 0.1) is 5.41 Å². The average molecular weight is 440 g/mol. The first-order valence-electron chi connectivity index (χ1n) is 5.48. The molecule has 116 valence electrons. The van der Waals surface area contributed by atoms with E-state index in [-0.39, 0.29) is 5.56 Å². The number of ketones is 1. The molecule has 0 aliphatic heterocycles. The fourth-order valence-corrected chi connectivity index (χ4v) is 4.63. The maximum Gasteiger partial charge on any atom is 0.411 e. The van der Waals surface area contributed by atoms with Gasteiger partial charge in [0.05, 0.1) is 4.83 Å². The molecule has 2 atom stereocenters. The molecule has 0 N–H and O–H groups in total. The predicted octanol–water partition coefficient (Wildman–Crippen LogP) is 4.73. The molecule has 1 aromatic carbocycles. The van der Waals surface area contributed by atoms with Gasteiger partial charge in [-0.3, -0.25) is 4.79 Å². The van der Waals surface area contributed by atoms with Crippen molar-refractivity contribution in [2.24, 2.45) is 5.41 Å². The Morgan fingerprint density at radius 1 is 0.952 bits per heavy atom. The van der Waals surface area contributed by atoms with Gasteiger partial charge in [-0.15, -0.1) is 0 Å². The minimum absolute atomic E-state index is 0.277. The molecule has 0 saturated heterocycles. The number of benzene rings is 1. The number of hydrogen-bond acceptors (Lipinski definition) is 1. The van der Waals surface area contributed by atoms with E-state index in [1.807, 2.05) is 0 Å². The summed E-state index contributed by atoms with van der Waals surface area (Å²) in [5.74, 6) is -1.96. The zero-order valence-corrected chi connectivity index (χ0v) is 13.1. The summed E-state index contributed by atoms with van der Waals surface area (Å²) in [6, 6.07) is 6.28. The highest BCUT2D eigenvalue weighted by atomic mass is 79.9. The van der Waals surface area contributed by atoms with Gasteiger partial charge >= 0.3 is 12.4 Å². The second kappa shape index (κ2) is 4.71. The number of alkyl halides is 8. The highest BCUT2D eigenvalue weighted by molar-refractivity contribution is 9.12. The van der Waals surface area contributed by atoms with Crippen LogP contribution in [0.15, 0.2) is 30.3 Å². The Hall–Kier alpha value is -0.570. The van der Waals surface area contributed by atoms with E-state index in [1.165, 1.54) is 18.2 Å². The second-order valence-electron chi connectivity index (χ2n) is 4.55. The summed E-state index contributed by atoms with van der Waals surface area (Å²) >= 11 is 5.22. The van der Waals surface area contributed by atoms with Gasteiger partial charge in [0, 0.05) is 0 Å². The maximum atomic E-state index is 13.3. The molecule has 2 rings (SSSR count). The molecular weight excluding hydrogens is 434 g/mol. The van der Waals surface area contributed by atoms with Crippen LogP contribution in [0.5, 0.6) is 0 Å². The molecule has 1 fully saturated rings. The molecule has 0 radical (unpaired) electrons. The Balaban J connectivity index is 2.78. The van der Waals surface area contributed by atoms with E-state index in [1.54, 1.807) is 0 Å². The van der Waals surface area contributed by atoms with Crippen molar-refractivity contribution in [3.8, 4) is 0 Å². The fourth-order valence-electron chi connectivity index (χ4n) is 2.56. The Bertz CT molecular complexity index is 553. The van der Waals surface area contributed by atoms with Crippen molar-refractivity contribution < 1.29 is 31.1 Å². The molecule has 2 unspecified atom stereocenters. The van der Waals surface area contributed by atoms with Crippen LogP contribution < -0.4 is 0 Å². The van der Waals surface area contributed by atoms with E-state index in [9.17, 15) is 31.1 Å². The molecule has 9 heteroatoms. The number of hydrogen-bond donors (Lipinski definition) is 0. The molecule has 0 heterocycles. The summed E-state index contributed by atoms with van der Waals surface area (Å²) in [5.41, 5.74) is -4.76. The molecule has 1 nitrogen and oxygen atoms in total. The van der Waals surface area contributed by atoms with E-state index in [4.69, 9.17) is 0 Å². The van der Waals surface area contributed by atoms with Crippen LogP contribution in [-0.2, 0) is 9.12 Å². The summed E-state index contributed by atoms with van der Waals surface area (Å²) in [5, 5.41) is 0. The third kappa shape index (κ3) is 1.85. The topological polar surface area (TPSA) is 17.1 Å². The number of carbonyl (C=O) groups excluding carboxylic acids is 1. The molecule has 0 spiro atoms. The van der Waals surface area contributed by atoms with E-state index < -0.39 is 32.7 Å². The van der Waals surface area contributed by atoms with Crippen molar-refractivity contribution in [1.82, 2.24) is 0 Å². The molecule has 0 aromatic heterocycles. The van der Waals surface area contributed by atoms with Gasteiger partial charge in [-0.1, -0.05) is 62.2 Å². The Morgan fingerprint density at radius 2 is 1.38 bits per heavy atom. The first kappa shape index (κ1) is 16.8. The molecule has 1 aliphatic carbocycles. The average Bonchev–Trinajstić information content (AvgIpc) is 2.36. The largest absolute Gasteiger partial charge is 0.411 e. The fraction of sp³-hybridized carbons (Fsp3) is 0.417. The van der Waals surface area contributed by atoms with E-state index >= 15 is 0 Å². The van der Waals surface area contributed by atoms with Crippen molar-refractivity contribution in [2.45, 2.75) is 21.5 Å². The lowest BCUT2D eigenvalue weighted by Crippen LogP contribution is -2.78. The zero-order chi connectivity index (χ0) is 16.3. The van der Waals surface area contributed by atoms with Gasteiger partial charge in [0.2, 0.25) is 5.41 Å². The van der Waals surface area contributed by atoms with E-state index in [0.717, 1.165) is 12.1 Å². The quantitative estimate of drug-likeness (QED) is 0.456.